The van der Waals surface area contributed by atoms with Gasteiger partial charge in [-0.05, 0) is 92.6 Å². The summed E-state index contributed by atoms with van der Waals surface area (Å²) in [6, 6.07) is 18.4. The number of nitrogens with one attached hydrogen (secondary N) is 5. The van der Waals surface area contributed by atoms with Crippen LogP contribution in [0.25, 0.3) is 11.3 Å². The van der Waals surface area contributed by atoms with Crippen LogP contribution in [-0.4, -0.2) is 88.7 Å². The second kappa shape index (κ2) is 20.5. The first kappa shape index (κ1) is 46.5. The van der Waals surface area contributed by atoms with E-state index in [0.29, 0.717) is 46.3 Å². The highest BCUT2D eigenvalue weighted by atomic mass is 16.2. The Bertz CT molecular complexity index is 2380. The zero-order valence-corrected chi connectivity index (χ0v) is 37.7. The SMILES string of the molecule is CCC(NC)C(=O)NC(C(=O)N1c2nc(-c3ccc(NC(=O)C4Cc5cccnc5N4C(=O)C(NC(=O)C(C)N)C4CCCCC4)cc3)ccc2CC1C(=O)Nc1ccccc1)C(C)C. The number of aromatic nitrogens is 2. The molecule has 1 saturated carbocycles. The van der Waals surface area contributed by atoms with Gasteiger partial charge in [-0.15, -0.1) is 0 Å². The number of nitrogens with zero attached hydrogens (tertiary/aromatic N) is 4. The van der Waals surface area contributed by atoms with E-state index in [9.17, 15) is 28.8 Å². The van der Waals surface area contributed by atoms with Crippen LogP contribution >= 0.6 is 0 Å². The molecule has 0 bridgehead atoms. The first-order valence-electron chi connectivity index (χ1n) is 22.7. The van der Waals surface area contributed by atoms with Crippen LogP contribution in [0.1, 0.15) is 77.3 Å². The van der Waals surface area contributed by atoms with Gasteiger partial charge in [-0.1, -0.05) is 82.5 Å². The van der Waals surface area contributed by atoms with E-state index in [1.165, 1.54) is 9.80 Å². The van der Waals surface area contributed by atoms with E-state index in [2.05, 4.69) is 31.6 Å². The topological polar surface area (TPSA) is 221 Å². The molecule has 16 heteroatoms. The number of nitrogens with two attached hydrogens (primary N) is 1. The van der Waals surface area contributed by atoms with E-state index < -0.39 is 54.0 Å². The molecule has 2 aromatic heterocycles. The number of rotatable bonds is 15. The second-order valence-electron chi connectivity index (χ2n) is 17.6. The number of carbonyl (C=O) groups is 6. The van der Waals surface area contributed by atoms with E-state index in [0.717, 1.165) is 37.7 Å². The van der Waals surface area contributed by atoms with Gasteiger partial charge in [-0.2, -0.15) is 0 Å². The van der Waals surface area contributed by atoms with Crippen molar-refractivity contribution < 1.29 is 28.8 Å². The first-order valence-corrected chi connectivity index (χ1v) is 22.7. The Morgan fingerprint density at radius 3 is 1.92 bits per heavy atom. The number of benzene rings is 2. The molecule has 1 fully saturated rings. The van der Waals surface area contributed by atoms with Gasteiger partial charge in [-0.25, -0.2) is 9.97 Å². The maximum atomic E-state index is 14.7. The van der Waals surface area contributed by atoms with Crippen LogP contribution in [0.4, 0.5) is 23.0 Å². The van der Waals surface area contributed by atoms with Crippen LogP contribution in [0, 0.1) is 11.8 Å². The number of amides is 6. The molecule has 7 rings (SSSR count). The van der Waals surface area contributed by atoms with Crippen LogP contribution in [-0.2, 0) is 41.6 Å². The van der Waals surface area contributed by atoms with Crippen molar-refractivity contribution in [2.75, 3.05) is 27.5 Å². The van der Waals surface area contributed by atoms with E-state index in [1.807, 2.05) is 57.2 Å². The molecular weight excluding hydrogens is 825 g/mol. The van der Waals surface area contributed by atoms with E-state index >= 15 is 0 Å². The van der Waals surface area contributed by atoms with Gasteiger partial charge in [0, 0.05) is 36.0 Å². The molecule has 2 aromatic carbocycles. The largest absolute Gasteiger partial charge is 0.343 e. The van der Waals surface area contributed by atoms with Crippen molar-refractivity contribution in [3.8, 4) is 11.3 Å². The smallest absolute Gasteiger partial charge is 0.251 e. The number of pyridine rings is 2. The van der Waals surface area contributed by atoms with Crippen LogP contribution in [0.15, 0.2) is 85.1 Å². The lowest BCUT2D eigenvalue weighted by atomic mass is 9.83. The predicted molar refractivity (Wildman–Crippen MR) is 250 cm³/mol. The number of hydrogen-bond acceptors (Lipinski definition) is 10. The van der Waals surface area contributed by atoms with Gasteiger partial charge in [-0.3, -0.25) is 38.6 Å². The molecule has 1 aliphatic carbocycles. The second-order valence-corrected chi connectivity index (χ2v) is 17.6. The van der Waals surface area contributed by atoms with Crippen molar-refractivity contribution in [3.05, 3.63) is 96.2 Å². The van der Waals surface area contributed by atoms with Crippen LogP contribution < -0.4 is 42.1 Å². The Morgan fingerprint density at radius 1 is 0.708 bits per heavy atom. The van der Waals surface area contributed by atoms with Crippen molar-refractivity contribution in [1.29, 1.82) is 0 Å². The van der Waals surface area contributed by atoms with Gasteiger partial charge in [0.15, 0.2) is 0 Å². The van der Waals surface area contributed by atoms with Crippen molar-refractivity contribution in [1.82, 2.24) is 25.9 Å². The molecule has 2 aliphatic heterocycles. The Morgan fingerprint density at radius 2 is 1.32 bits per heavy atom. The normalized spacial score (nSPS) is 18.8. The lowest BCUT2D eigenvalue weighted by Gasteiger charge is -2.34. The average Bonchev–Trinajstić information content (AvgIpc) is 3.90. The first-order chi connectivity index (χ1) is 31.3. The maximum Gasteiger partial charge on any atom is 0.251 e. The minimum atomic E-state index is -0.947. The summed E-state index contributed by atoms with van der Waals surface area (Å²) < 4.78 is 0. The van der Waals surface area contributed by atoms with Gasteiger partial charge in [0.1, 0.15) is 35.8 Å². The lowest BCUT2D eigenvalue weighted by Crippen LogP contribution is -2.58. The number of para-hydroxylation sites is 1. The van der Waals surface area contributed by atoms with E-state index in [4.69, 9.17) is 10.7 Å². The third kappa shape index (κ3) is 10.2. The summed E-state index contributed by atoms with van der Waals surface area (Å²) in [5.74, 6) is -2.10. The summed E-state index contributed by atoms with van der Waals surface area (Å²) in [4.78, 5) is 96.0. The third-order valence-electron chi connectivity index (χ3n) is 12.7. The number of fused-ring (bicyclic) bond motifs is 2. The van der Waals surface area contributed by atoms with Crippen LogP contribution in [0.2, 0.25) is 0 Å². The molecule has 6 atom stereocenters. The van der Waals surface area contributed by atoms with Gasteiger partial charge in [0.25, 0.3) is 11.8 Å². The molecule has 16 nitrogen and oxygen atoms in total. The molecule has 3 aliphatic rings. The standard InChI is InChI=1S/C49H60N10O6/c1-6-36(51-5)45(61)56-40(28(2)3)48(64)59-39(47(63)53-34-17-11-8-12-18-34)27-33-21-24-37(55-43(33)59)30-19-22-35(23-20-30)54-46(62)38-26-32-16-13-25-52-42(32)58(38)49(65)41(57-44(60)29(4)50)31-14-9-7-10-15-31/h8,11-13,16-25,28-29,31,36,38-41,51H,6-7,9-10,14-15,26-27,50H2,1-5H3,(H,53,63)(H,54,62)(H,56,61)(H,57,60). The summed E-state index contributed by atoms with van der Waals surface area (Å²) in [6.07, 6.45) is 7.04. The minimum Gasteiger partial charge on any atom is -0.343 e. The number of likely N-dealkylation sites (N-methyl/N-ethyl adjacent to an activating group) is 1. The van der Waals surface area contributed by atoms with Crippen molar-refractivity contribution in [3.63, 3.8) is 0 Å². The molecule has 0 radical (unpaired) electrons. The van der Waals surface area contributed by atoms with Gasteiger partial charge in [0.05, 0.1) is 17.8 Å². The predicted octanol–water partition coefficient (Wildman–Crippen LogP) is 4.49. The van der Waals surface area contributed by atoms with Crippen LogP contribution in [0.5, 0.6) is 0 Å². The fourth-order valence-corrected chi connectivity index (χ4v) is 9.06. The summed E-state index contributed by atoms with van der Waals surface area (Å²) in [6.45, 7) is 7.15. The molecule has 4 heterocycles. The average molecular weight is 885 g/mol. The van der Waals surface area contributed by atoms with Gasteiger partial charge < -0.3 is 32.3 Å². The van der Waals surface area contributed by atoms with Crippen molar-refractivity contribution in [2.45, 2.75) is 115 Å². The fourth-order valence-electron chi connectivity index (χ4n) is 9.06. The molecule has 6 unspecified atom stereocenters. The molecule has 0 saturated heterocycles. The zero-order chi connectivity index (χ0) is 46.4. The lowest BCUT2D eigenvalue weighted by molar-refractivity contribution is -0.130. The van der Waals surface area contributed by atoms with Gasteiger partial charge >= 0.3 is 0 Å². The van der Waals surface area contributed by atoms with Gasteiger partial charge in [0.2, 0.25) is 23.6 Å². The molecule has 0 spiro atoms. The van der Waals surface area contributed by atoms with Crippen molar-refractivity contribution in [2.24, 2.45) is 17.6 Å². The Kier molecular flexibility index (Phi) is 14.7. The molecule has 4 aromatic rings. The van der Waals surface area contributed by atoms with E-state index in [-0.39, 0.29) is 42.4 Å². The molecular formula is C49H60N10O6. The highest BCUT2D eigenvalue weighted by Crippen LogP contribution is 2.37. The molecule has 342 valence electrons. The molecule has 6 amide bonds. The summed E-state index contributed by atoms with van der Waals surface area (Å²) in [5, 5.41) is 14.8. The summed E-state index contributed by atoms with van der Waals surface area (Å²) in [5.41, 5.74) is 9.62. The summed E-state index contributed by atoms with van der Waals surface area (Å²) >= 11 is 0. The summed E-state index contributed by atoms with van der Waals surface area (Å²) in [7, 11) is 1.69. The Balaban J connectivity index is 1.13. The minimum absolute atomic E-state index is 0.104. The number of carbonyl (C=O) groups excluding carboxylic acids is 6. The van der Waals surface area contributed by atoms with Crippen molar-refractivity contribution >= 4 is 58.5 Å². The third-order valence-corrected chi connectivity index (χ3v) is 12.7. The monoisotopic (exact) mass is 884 g/mol. The van der Waals surface area contributed by atoms with E-state index in [1.54, 1.807) is 62.6 Å². The van der Waals surface area contributed by atoms with Crippen LogP contribution in [0.3, 0.4) is 0 Å². The zero-order valence-electron chi connectivity index (χ0n) is 37.7. The quantitative estimate of drug-likeness (QED) is 0.0983. The molecule has 7 N–H and O–H groups in total. The highest BCUT2D eigenvalue weighted by Gasteiger charge is 2.46. The maximum absolute atomic E-state index is 14.7. The highest BCUT2D eigenvalue weighted by molar-refractivity contribution is 6.10. The number of anilines is 4. The number of hydrogen-bond donors (Lipinski definition) is 6. The Labute approximate surface area is 379 Å². The fraction of sp³-hybridized carbons (Fsp3) is 0.429. The Hall–Kier alpha value is -6.52. The molecule has 65 heavy (non-hydrogen) atoms.